The van der Waals surface area contributed by atoms with Gasteiger partial charge in [-0.05, 0) is 61.2 Å². The Bertz CT molecular complexity index is 577. The van der Waals surface area contributed by atoms with Gasteiger partial charge < -0.3 is 14.6 Å². The highest BCUT2D eigenvalue weighted by atomic mass is 16.5. The molecule has 3 nitrogen and oxygen atoms in total. The molecule has 0 aromatic heterocycles. The number of phenolic OH excluding ortho intramolecular Hbond substituents is 1. The van der Waals surface area contributed by atoms with Gasteiger partial charge in [0.15, 0.2) is 0 Å². The molecule has 0 aliphatic carbocycles. The van der Waals surface area contributed by atoms with Crippen LogP contribution in [0.15, 0.2) is 36.4 Å². The molecular formula is C17H18O3. The molecule has 0 bridgehead atoms. The third-order valence-corrected chi connectivity index (χ3v) is 3.13. The summed E-state index contributed by atoms with van der Waals surface area (Å²) in [7, 11) is 0. The summed E-state index contributed by atoms with van der Waals surface area (Å²) < 4.78 is 5.87. The first-order valence-corrected chi connectivity index (χ1v) is 6.61. The van der Waals surface area contributed by atoms with Crippen molar-refractivity contribution >= 4 is 6.29 Å². The largest absolute Gasteiger partial charge is 0.508 e. The van der Waals surface area contributed by atoms with Crippen molar-refractivity contribution in [2.75, 3.05) is 0 Å². The minimum atomic E-state index is 0.218. The maximum Gasteiger partial charge on any atom is 0.133 e. The number of ether oxygens (including phenoxy) is 1. The first-order chi connectivity index (χ1) is 9.60. The Hall–Kier alpha value is -2.29. The van der Waals surface area contributed by atoms with Gasteiger partial charge in [-0.3, -0.25) is 0 Å². The number of hydrogen-bond acceptors (Lipinski definition) is 3. The van der Waals surface area contributed by atoms with Gasteiger partial charge in [0.05, 0.1) is 0 Å². The lowest BCUT2D eigenvalue weighted by molar-refractivity contribution is -0.107. The number of rotatable bonds is 5. The van der Waals surface area contributed by atoms with Crippen molar-refractivity contribution < 1.29 is 14.6 Å². The van der Waals surface area contributed by atoms with Crippen LogP contribution in [0.5, 0.6) is 17.2 Å². The zero-order valence-corrected chi connectivity index (χ0v) is 11.7. The highest BCUT2D eigenvalue weighted by Crippen LogP contribution is 2.30. The fourth-order valence-electron chi connectivity index (χ4n) is 2.20. The van der Waals surface area contributed by atoms with E-state index in [9.17, 15) is 9.90 Å². The van der Waals surface area contributed by atoms with Gasteiger partial charge in [-0.25, -0.2) is 0 Å². The maximum atomic E-state index is 10.4. The zero-order chi connectivity index (χ0) is 14.5. The maximum absolute atomic E-state index is 10.4. The highest BCUT2D eigenvalue weighted by molar-refractivity contribution is 5.51. The van der Waals surface area contributed by atoms with E-state index in [0.29, 0.717) is 12.2 Å². The molecule has 3 heteroatoms. The molecule has 0 spiro atoms. The summed E-state index contributed by atoms with van der Waals surface area (Å²) in [5.74, 6) is 1.73. The molecule has 2 rings (SSSR count). The average Bonchev–Trinajstić information content (AvgIpc) is 2.42. The summed E-state index contributed by atoms with van der Waals surface area (Å²) in [5, 5.41) is 9.27. The van der Waals surface area contributed by atoms with Gasteiger partial charge in [0.1, 0.15) is 23.5 Å². The normalized spacial score (nSPS) is 10.3. The molecule has 2 aromatic carbocycles. The zero-order valence-electron chi connectivity index (χ0n) is 11.7. The molecule has 1 N–H and O–H groups in total. The molecule has 0 amide bonds. The predicted molar refractivity (Wildman–Crippen MR) is 78.5 cm³/mol. The summed E-state index contributed by atoms with van der Waals surface area (Å²) in [6.07, 6.45) is 2.23. The number of carbonyl (C=O) groups is 1. The Morgan fingerprint density at radius 1 is 1.10 bits per heavy atom. The first-order valence-electron chi connectivity index (χ1n) is 6.61. The molecule has 0 atom stereocenters. The molecule has 104 valence electrons. The molecule has 0 radical (unpaired) electrons. The first kappa shape index (κ1) is 14.1. The highest BCUT2D eigenvalue weighted by Gasteiger charge is 2.08. The summed E-state index contributed by atoms with van der Waals surface area (Å²) in [5.41, 5.74) is 3.23. The standard InChI is InChI=1S/C17H18O3/c1-12-10-14(4-3-9-18)11-13(2)17(12)20-16-7-5-15(19)6-8-16/h5-11,19H,3-4H2,1-2H3. The number of aromatic hydroxyl groups is 1. The van der Waals surface area contributed by atoms with Gasteiger partial charge in [-0.2, -0.15) is 0 Å². The molecule has 0 fully saturated rings. The van der Waals surface area contributed by atoms with Crippen molar-refractivity contribution in [3.05, 3.63) is 53.1 Å². The van der Waals surface area contributed by atoms with Crippen molar-refractivity contribution in [3.8, 4) is 17.2 Å². The summed E-state index contributed by atoms with van der Waals surface area (Å²) in [4.78, 5) is 10.4. The fourth-order valence-corrected chi connectivity index (χ4v) is 2.20. The SMILES string of the molecule is Cc1cc(CCC=O)cc(C)c1Oc1ccc(O)cc1. The predicted octanol–water partition coefficient (Wildman–Crippen LogP) is 3.93. The van der Waals surface area contributed by atoms with E-state index >= 15 is 0 Å². The topological polar surface area (TPSA) is 46.5 Å². The van der Waals surface area contributed by atoms with Crippen LogP contribution in [0.2, 0.25) is 0 Å². The van der Waals surface area contributed by atoms with Crippen LogP contribution in [0.1, 0.15) is 23.1 Å². The minimum Gasteiger partial charge on any atom is -0.508 e. The molecule has 2 aromatic rings. The van der Waals surface area contributed by atoms with Gasteiger partial charge in [-0.15, -0.1) is 0 Å². The second-order valence-corrected chi connectivity index (χ2v) is 4.86. The third kappa shape index (κ3) is 3.38. The van der Waals surface area contributed by atoms with E-state index in [1.165, 1.54) is 0 Å². The Labute approximate surface area is 118 Å². The Balaban J connectivity index is 2.23. The third-order valence-electron chi connectivity index (χ3n) is 3.13. The molecule has 0 aliphatic heterocycles. The molecule has 20 heavy (non-hydrogen) atoms. The van der Waals surface area contributed by atoms with Crippen molar-refractivity contribution in [3.63, 3.8) is 0 Å². The summed E-state index contributed by atoms with van der Waals surface area (Å²) in [6.45, 7) is 3.99. The van der Waals surface area contributed by atoms with Crippen LogP contribution >= 0.6 is 0 Å². The molecule has 0 saturated heterocycles. The number of carbonyl (C=O) groups excluding carboxylic acids is 1. The van der Waals surface area contributed by atoms with E-state index in [0.717, 1.165) is 35.1 Å². The summed E-state index contributed by atoms with van der Waals surface area (Å²) >= 11 is 0. The van der Waals surface area contributed by atoms with Crippen molar-refractivity contribution in [2.24, 2.45) is 0 Å². The van der Waals surface area contributed by atoms with Crippen LogP contribution in [-0.4, -0.2) is 11.4 Å². The van der Waals surface area contributed by atoms with Crippen molar-refractivity contribution in [1.82, 2.24) is 0 Å². The van der Waals surface area contributed by atoms with Crippen molar-refractivity contribution in [1.29, 1.82) is 0 Å². The number of hydrogen-bond donors (Lipinski definition) is 1. The Kier molecular flexibility index (Phi) is 4.41. The van der Waals surface area contributed by atoms with Gasteiger partial charge >= 0.3 is 0 Å². The lowest BCUT2D eigenvalue weighted by atomic mass is 10.0. The van der Waals surface area contributed by atoms with E-state index in [4.69, 9.17) is 4.74 Å². The summed E-state index contributed by atoms with van der Waals surface area (Å²) in [6, 6.07) is 10.7. The van der Waals surface area contributed by atoms with Gasteiger partial charge in [0.2, 0.25) is 0 Å². The number of phenols is 1. The van der Waals surface area contributed by atoms with E-state index in [1.54, 1.807) is 24.3 Å². The Morgan fingerprint density at radius 2 is 1.70 bits per heavy atom. The van der Waals surface area contributed by atoms with Crippen LogP contribution in [0, 0.1) is 13.8 Å². The van der Waals surface area contributed by atoms with Gasteiger partial charge in [0, 0.05) is 6.42 Å². The van der Waals surface area contributed by atoms with Crippen LogP contribution in [0.25, 0.3) is 0 Å². The van der Waals surface area contributed by atoms with E-state index in [-0.39, 0.29) is 5.75 Å². The monoisotopic (exact) mass is 270 g/mol. The minimum absolute atomic E-state index is 0.218. The second-order valence-electron chi connectivity index (χ2n) is 4.86. The van der Waals surface area contributed by atoms with E-state index in [1.807, 2.05) is 26.0 Å². The van der Waals surface area contributed by atoms with Crippen LogP contribution in [0.4, 0.5) is 0 Å². The molecule has 0 saturated carbocycles. The molecule has 0 aliphatic rings. The lowest BCUT2D eigenvalue weighted by Gasteiger charge is -2.13. The average molecular weight is 270 g/mol. The second kappa shape index (κ2) is 6.24. The Morgan fingerprint density at radius 3 is 2.25 bits per heavy atom. The van der Waals surface area contributed by atoms with Crippen LogP contribution in [0.3, 0.4) is 0 Å². The number of aldehydes is 1. The van der Waals surface area contributed by atoms with E-state index < -0.39 is 0 Å². The molecular weight excluding hydrogens is 252 g/mol. The number of benzene rings is 2. The smallest absolute Gasteiger partial charge is 0.133 e. The number of aryl methyl sites for hydroxylation is 3. The van der Waals surface area contributed by atoms with Gasteiger partial charge in [0.25, 0.3) is 0 Å². The van der Waals surface area contributed by atoms with Crippen LogP contribution in [-0.2, 0) is 11.2 Å². The molecule has 0 unspecified atom stereocenters. The fraction of sp³-hybridized carbons (Fsp3) is 0.235. The quantitative estimate of drug-likeness (QED) is 0.837. The van der Waals surface area contributed by atoms with E-state index in [2.05, 4.69) is 0 Å². The van der Waals surface area contributed by atoms with Crippen molar-refractivity contribution in [2.45, 2.75) is 26.7 Å². The molecule has 0 heterocycles. The van der Waals surface area contributed by atoms with Crippen LogP contribution < -0.4 is 4.74 Å². The lowest BCUT2D eigenvalue weighted by Crippen LogP contribution is -1.95. The van der Waals surface area contributed by atoms with Gasteiger partial charge in [-0.1, -0.05) is 12.1 Å².